The number of aromatic nitrogens is 2. The molecule has 0 unspecified atom stereocenters. The average Bonchev–Trinajstić information content (AvgIpc) is 3.10. The Bertz CT molecular complexity index is 753. The highest BCUT2D eigenvalue weighted by molar-refractivity contribution is 7.13. The molecule has 0 spiro atoms. The standard InChI is InChI=1S/C16H13N3O2S/c1-21-14-7-4-12(10-18-14)15(20)19-13-5-2-11(3-6-13)16-17-8-9-22-16/h2-10H,1H3,(H,19,20). The molecule has 2 aromatic heterocycles. The summed E-state index contributed by atoms with van der Waals surface area (Å²) in [6.45, 7) is 0. The molecule has 3 aromatic rings. The maximum Gasteiger partial charge on any atom is 0.257 e. The molecule has 1 amide bonds. The summed E-state index contributed by atoms with van der Waals surface area (Å²) in [5.41, 5.74) is 2.23. The molecule has 5 nitrogen and oxygen atoms in total. The van der Waals surface area contributed by atoms with E-state index in [1.54, 1.807) is 29.7 Å². The van der Waals surface area contributed by atoms with Crippen LogP contribution in [0.25, 0.3) is 10.6 Å². The molecule has 1 aromatic carbocycles. The smallest absolute Gasteiger partial charge is 0.257 e. The molecule has 6 heteroatoms. The molecule has 0 aliphatic carbocycles. The Morgan fingerprint density at radius 2 is 1.95 bits per heavy atom. The van der Waals surface area contributed by atoms with Crippen LogP contribution in [0.3, 0.4) is 0 Å². The summed E-state index contributed by atoms with van der Waals surface area (Å²) >= 11 is 1.58. The van der Waals surface area contributed by atoms with Crippen LogP contribution in [0, 0.1) is 0 Å². The number of amides is 1. The molecule has 0 saturated carbocycles. The Balaban J connectivity index is 1.71. The largest absolute Gasteiger partial charge is 0.481 e. The molecule has 2 heterocycles. The fourth-order valence-corrected chi connectivity index (χ4v) is 2.55. The lowest BCUT2D eigenvalue weighted by molar-refractivity contribution is 0.102. The van der Waals surface area contributed by atoms with Gasteiger partial charge in [0.25, 0.3) is 5.91 Å². The van der Waals surface area contributed by atoms with E-state index >= 15 is 0 Å². The van der Waals surface area contributed by atoms with Gasteiger partial charge in [-0.3, -0.25) is 4.79 Å². The van der Waals surface area contributed by atoms with Crippen molar-refractivity contribution in [3.8, 4) is 16.5 Å². The first kappa shape index (κ1) is 14.2. The van der Waals surface area contributed by atoms with E-state index in [1.807, 2.05) is 29.6 Å². The molecule has 0 radical (unpaired) electrons. The SMILES string of the molecule is COc1ccc(C(=O)Nc2ccc(-c3nccs3)cc2)cn1. The van der Waals surface area contributed by atoms with Crippen LogP contribution in [0.1, 0.15) is 10.4 Å². The first-order valence-corrected chi connectivity index (χ1v) is 7.45. The van der Waals surface area contributed by atoms with Crippen molar-refractivity contribution in [3.63, 3.8) is 0 Å². The van der Waals surface area contributed by atoms with Crippen LogP contribution in [0.15, 0.2) is 54.2 Å². The van der Waals surface area contributed by atoms with Gasteiger partial charge < -0.3 is 10.1 Å². The third kappa shape index (κ3) is 3.12. The molecule has 0 atom stereocenters. The fraction of sp³-hybridized carbons (Fsp3) is 0.0625. The quantitative estimate of drug-likeness (QED) is 0.801. The lowest BCUT2D eigenvalue weighted by atomic mass is 10.2. The van der Waals surface area contributed by atoms with Crippen LogP contribution in [0.4, 0.5) is 5.69 Å². The number of rotatable bonds is 4. The van der Waals surface area contributed by atoms with Gasteiger partial charge in [-0.05, 0) is 30.3 Å². The number of nitrogens with zero attached hydrogens (tertiary/aromatic N) is 2. The number of carbonyl (C=O) groups excluding carboxylic acids is 1. The van der Waals surface area contributed by atoms with Gasteiger partial charge in [-0.25, -0.2) is 9.97 Å². The average molecular weight is 311 g/mol. The molecule has 0 fully saturated rings. The van der Waals surface area contributed by atoms with Crippen LogP contribution >= 0.6 is 11.3 Å². The Kier molecular flexibility index (Phi) is 4.11. The summed E-state index contributed by atoms with van der Waals surface area (Å²) in [6, 6.07) is 10.9. The summed E-state index contributed by atoms with van der Waals surface area (Å²) in [4.78, 5) is 20.4. The number of hydrogen-bond donors (Lipinski definition) is 1. The van der Waals surface area contributed by atoms with E-state index in [-0.39, 0.29) is 5.91 Å². The first-order chi connectivity index (χ1) is 10.8. The number of anilines is 1. The van der Waals surface area contributed by atoms with Gasteiger partial charge in [-0.2, -0.15) is 0 Å². The summed E-state index contributed by atoms with van der Waals surface area (Å²) in [7, 11) is 1.53. The number of nitrogens with one attached hydrogen (secondary N) is 1. The zero-order chi connectivity index (χ0) is 15.4. The number of thiazole rings is 1. The topological polar surface area (TPSA) is 64.1 Å². The van der Waals surface area contributed by atoms with Crippen LogP contribution in [-0.4, -0.2) is 23.0 Å². The fourth-order valence-electron chi connectivity index (χ4n) is 1.90. The van der Waals surface area contributed by atoms with E-state index in [1.165, 1.54) is 13.3 Å². The van der Waals surface area contributed by atoms with E-state index in [2.05, 4.69) is 15.3 Å². The Morgan fingerprint density at radius 3 is 2.55 bits per heavy atom. The Labute approximate surface area is 131 Å². The summed E-state index contributed by atoms with van der Waals surface area (Å²) in [5, 5.41) is 5.72. The monoisotopic (exact) mass is 311 g/mol. The van der Waals surface area contributed by atoms with E-state index < -0.39 is 0 Å². The van der Waals surface area contributed by atoms with Crippen molar-refractivity contribution in [2.75, 3.05) is 12.4 Å². The predicted molar refractivity (Wildman–Crippen MR) is 86.3 cm³/mol. The number of ether oxygens (including phenoxy) is 1. The second-order valence-electron chi connectivity index (χ2n) is 4.46. The molecule has 0 aliphatic rings. The highest BCUT2D eigenvalue weighted by Gasteiger charge is 2.07. The van der Waals surface area contributed by atoms with Gasteiger partial charge in [0.1, 0.15) is 5.01 Å². The molecule has 0 saturated heterocycles. The second kappa shape index (κ2) is 6.36. The van der Waals surface area contributed by atoms with E-state index in [4.69, 9.17) is 4.74 Å². The molecule has 110 valence electrons. The minimum Gasteiger partial charge on any atom is -0.481 e. The molecular formula is C16H13N3O2S. The molecule has 22 heavy (non-hydrogen) atoms. The number of pyridine rings is 1. The van der Waals surface area contributed by atoms with Gasteiger partial charge in [0, 0.05) is 35.1 Å². The Morgan fingerprint density at radius 1 is 1.14 bits per heavy atom. The van der Waals surface area contributed by atoms with Crippen molar-refractivity contribution in [1.29, 1.82) is 0 Å². The normalized spacial score (nSPS) is 10.2. The maximum absolute atomic E-state index is 12.1. The minimum atomic E-state index is -0.211. The van der Waals surface area contributed by atoms with Crippen molar-refractivity contribution in [1.82, 2.24) is 9.97 Å². The molecule has 0 aliphatic heterocycles. The van der Waals surface area contributed by atoms with Gasteiger partial charge in [0.15, 0.2) is 0 Å². The zero-order valence-electron chi connectivity index (χ0n) is 11.8. The molecule has 1 N–H and O–H groups in total. The highest BCUT2D eigenvalue weighted by atomic mass is 32.1. The van der Waals surface area contributed by atoms with E-state index in [0.717, 1.165) is 16.3 Å². The van der Waals surface area contributed by atoms with Gasteiger partial charge in [0.2, 0.25) is 5.88 Å². The highest BCUT2D eigenvalue weighted by Crippen LogP contribution is 2.23. The third-order valence-corrected chi connectivity index (χ3v) is 3.85. The lowest BCUT2D eigenvalue weighted by Crippen LogP contribution is -2.12. The predicted octanol–water partition coefficient (Wildman–Crippen LogP) is 3.47. The molecule has 0 bridgehead atoms. The van der Waals surface area contributed by atoms with Crippen molar-refractivity contribution in [2.45, 2.75) is 0 Å². The maximum atomic E-state index is 12.1. The van der Waals surface area contributed by atoms with Crippen molar-refractivity contribution in [3.05, 3.63) is 59.7 Å². The van der Waals surface area contributed by atoms with Gasteiger partial charge >= 0.3 is 0 Å². The third-order valence-electron chi connectivity index (χ3n) is 3.03. The van der Waals surface area contributed by atoms with Gasteiger partial charge in [-0.15, -0.1) is 11.3 Å². The summed E-state index contributed by atoms with van der Waals surface area (Å²) < 4.78 is 4.97. The van der Waals surface area contributed by atoms with Crippen LogP contribution in [-0.2, 0) is 0 Å². The van der Waals surface area contributed by atoms with Gasteiger partial charge in [-0.1, -0.05) is 0 Å². The van der Waals surface area contributed by atoms with Crippen LogP contribution in [0.5, 0.6) is 5.88 Å². The Hall–Kier alpha value is -2.73. The second-order valence-corrected chi connectivity index (χ2v) is 5.35. The lowest BCUT2D eigenvalue weighted by Gasteiger charge is -2.06. The zero-order valence-corrected chi connectivity index (χ0v) is 12.6. The van der Waals surface area contributed by atoms with Crippen molar-refractivity contribution >= 4 is 22.9 Å². The number of hydrogen-bond acceptors (Lipinski definition) is 5. The van der Waals surface area contributed by atoms with Crippen molar-refractivity contribution < 1.29 is 9.53 Å². The molecular weight excluding hydrogens is 298 g/mol. The van der Waals surface area contributed by atoms with Crippen molar-refractivity contribution in [2.24, 2.45) is 0 Å². The first-order valence-electron chi connectivity index (χ1n) is 6.57. The number of benzene rings is 1. The number of carbonyl (C=O) groups is 1. The summed E-state index contributed by atoms with van der Waals surface area (Å²) in [5.74, 6) is 0.265. The van der Waals surface area contributed by atoms with E-state index in [9.17, 15) is 4.79 Å². The van der Waals surface area contributed by atoms with Crippen LogP contribution in [0.2, 0.25) is 0 Å². The van der Waals surface area contributed by atoms with E-state index in [0.29, 0.717) is 11.4 Å². The number of methoxy groups -OCH3 is 1. The van der Waals surface area contributed by atoms with Gasteiger partial charge in [0.05, 0.1) is 12.7 Å². The minimum absolute atomic E-state index is 0.211. The summed E-state index contributed by atoms with van der Waals surface area (Å²) in [6.07, 6.45) is 3.25. The molecule has 3 rings (SSSR count). The van der Waals surface area contributed by atoms with Crippen LogP contribution < -0.4 is 10.1 Å².